The molecule has 2 aliphatic carbocycles. The van der Waals surface area contributed by atoms with Crippen LogP contribution in [0.1, 0.15) is 80.1 Å². The highest BCUT2D eigenvalue weighted by atomic mass is 35.5. The second-order valence-corrected chi connectivity index (χ2v) is 12.7. The molecule has 42 heavy (non-hydrogen) atoms. The van der Waals surface area contributed by atoms with Gasteiger partial charge in [0.15, 0.2) is 5.78 Å². The monoisotopic (exact) mass is 612 g/mol. The van der Waals surface area contributed by atoms with E-state index in [4.69, 9.17) is 23.2 Å². The number of aliphatic carboxylic acids is 1. The van der Waals surface area contributed by atoms with Crippen LogP contribution in [0.25, 0.3) is 0 Å². The average molecular weight is 614 g/mol. The Bertz CT molecular complexity index is 1370. The van der Waals surface area contributed by atoms with Crippen molar-refractivity contribution in [3.8, 4) is 0 Å². The van der Waals surface area contributed by atoms with E-state index in [1.807, 2.05) is 19.1 Å². The van der Waals surface area contributed by atoms with Crippen LogP contribution in [-0.2, 0) is 9.59 Å². The molecule has 8 nitrogen and oxygen atoms in total. The summed E-state index contributed by atoms with van der Waals surface area (Å²) in [4.78, 5) is 45.5. The van der Waals surface area contributed by atoms with Crippen LogP contribution in [0.4, 0.5) is 5.69 Å². The van der Waals surface area contributed by atoms with Crippen molar-refractivity contribution in [2.24, 2.45) is 11.3 Å². The van der Waals surface area contributed by atoms with Crippen molar-refractivity contribution in [2.45, 2.75) is 70.3 Å². The molecule has 2 heterocycles. The van der Waals surface area contributed by atoms with E-state index in [-0.39, 0.29) is 33.2 Å². The number of ketones is 1. The standard InChI is InChI=1S/C32H38Cl2N4O4/c1-3-22(19-9-11-21(12-10-19)36-30(40)26-23(33)16-35-17-24(26)34)27(31(41)42)37-28-25(20-8-7-15-38(2)18-20)29(39)32(28)13-5-4-6-14-32/h9-12,16-17,20,22,27,37H,3-8,13-15,18H2,1-2H3,(H,36,40)(H,41,42)/t20?,22?,27-/m0/s1. The number of piperidine rings is 1. The van der Waals surface area contributed by atoms with E-state index in [0.29, 0.717) is 12.1 Å². The second-order valence-electron chi connectivity index (χ2n) is 11.9. The van der Waals surface area contributed by atoms with Gasteiger partial charge in [-0.05, 0) is 63.4 Å². The first-order valence-electron chi connectivity index (χ1n) is 14.8. The number of allylic oxidation sites excluding steroid dienone is 1. The van der Waals surface area contributed by atoms with Gasteiger partial charge < -0.3 is 20.6 Å². The predicted octanol–water partition coefficient (Wildman–Crippen LogP) is 6.31. The van der Waals surface area contributed by atoms with E-state index < -0.39 is 23.3 Å². The fraction of sp³-hybridized carbons (Fsp3) is 0.500. The molecular weight excluding hydrogens is 575 g/mol. The summed E-state index contributed by atoms with van der Waals surface area (Å²) >= 11 is 12.3. The van der Waals surface area contributed by atoms with Crippen LogP contribution in [0.15, 0.2) is 47.9 Å². The van der Waals surface area contributed by atoms with E-state index in [0.717, 1.165) is 74.9 Å². The predicted molar refractivity (Wildman–Crippen MR) is 164 cm³/mol. The highest BCUT2D eigenvalue weighted by Gasteiger charge is 2.56. The number of carbonyl (C=O) groups excluding carboxylic acids is 2. The summed E-state index contributed by atoms with van der Waals surface area (Å²) in [6.45, 7) is 3.81. The summed E-state index contributed by atoms with van der Waals surface area (Å²) in [5.74, 6) is -1.39. The molecule has 1 saturated carbocycles. The first-order valence-corrected chi connectivity index (χ1v) is 15.6. The van der Waals surface area contributed by atoms with E-state index >= 15 is 0 Å². The van der Waals surface area contributed by atoms with E-state index in [9.17, 15) is 19.5 Å². The van der Waals surface area contributed by atoms with Crippen molar-refractivity contribution in [3.63, 3.8) is 0 Å². The van der Waals surface area contributed by atoms with Gasteiger partial charge in [0.25, 0.3) is 5.91 Å². The fourth-order valence-corrected chi connectivity index (χ4v) is 7.65. The maximum absolute atomic E-state index is 13.8. The third-order valence-corrected chi connectivity index (χ3v) is 9.83. The number of carboxylic acids is 1. The molecule has 224 valence electrons. The van der Waals surface area contributed by atoms with Crippen molar-refractivity contribution in [1.82, 2.24) is 15.2 Å². The number of benzene rings is 1. The first-order chi connectivity index (χ1) is 20.2. The van der Waals surface area contributed by atoms with Crippen LogP contribution in [0, 0.1) is 11.3 Å². The zero-order valence-electron chi connectivity index (χ0n) is 24.1. The van der Waals surface area contributed by atoms with Gasteiger partial charge in [-0.3, -0.25) is 14.6 Å². The van der Waals surface area contributed by atoms with Crippen LogP contribution < -0.4 is 10.6 Å². The smallest absolute Gasteiger partial charge is 0.326 e. The normalized spacial score (nSPS) is 21.9. The molecule has 1 amide bonds. The Hall–Kier alpha value is -2.94. The van der Waals surface area contributed by atoms with Gasteiger partial charge in [-0.25, -0.2) is 4.79 Å². The number of rotatable bonds is 9. The van der Waals surface area contributed by atoms with Crippen molar-refractivity contribution < 1.29 is 19.5 Å². The number of likely N-dealkylation sites (tertiary alicyclic amines) is 1. The molecule has 3 N–H and O–H groups in total. The number of amides is 1. The molecular formula is C32H38Cl2N4O4. The minimum absolute atomic E-state index is 0.131. The molecule has 1 aliphatic heterocycles. The Kier molecular flexibility index (Phi) is 9.26. The molecule has 1 aromatic carbocycles. The number of aromatic nitrogens is 1. The van der Waals surface area contributed by atoms with Gasteiger partial charge in [-0.15, -0.1) is 0 Å². The number of hydrogen-bond donors (Lipinski definition) is 3. The van der Waals surface area contributed by atoms with Gasteiger partial charge in [0.1, 0.15) is 6.04 Å². The van der Waals surface area contributed by atoms with Crippen molar-refractivity contribution in [2.75, 3.05) is 25.5 Å². The third-order valence-electron chi connectivity index (χ3n) is 9.25. The number of carbonyl (C=O) groups is 3. The molecule has 5 rings (SSSR count). The maximum atomic E-state index is 13.8. The number of hydrogen-bond acceptors (Lipinski definition) is 6. The summed E-state index contributed by atoms with van der Waals surface area (Å²) in [7, 11) is 2.08. The largest absolute Gasteiger partial charge is 0.480 e. The molecule has 2 unspecified atom stereocenters. The lowest BCUT2D eigenvalue weighted by Gasteiger charge is -2.51. The van der Waals surface area contributed by atoms with Gasteiger partial charge in [0.05, 0.1) is 21.0 Å². The van der Waals surface area contributed by atoms with Gasteiger partial charge in [0.2, 0.25) is 0 Å². The zero-order valence-corrected chi connectivity index (χ0v) is 25.6. The first kappa shape index (κ1) is 30.5. The van der Waals surface area contributed by atoms with Gasteiger partial charge in [-0.1, -0.05) is 61.5 Å². The molecule has 1 aromatic heterocycles. The Balaban J connectivity index is 1.40. The quantitative estimate of drug-likeness (QED) is 0.304. The second kappa shape index (κ2) is 12.7. The Labute approximate surface area is 256 Å². The molecule has 1 saturated heterocycles. The van der Waals surface area contributed by atoms with Crippen LogP contribution >= 0.6 is 23.2 Å². The maximum Gasteiger partial charge on any atom is 0.326 e. The van der Waals surface area contributed by atoms with Gasteiger partial charge in [0, 0.05) is 47.7 Å². The summed E-state index contributed by atoms with van der Waals surface area (Å²) < 4.78 is 0. The molecule has 10 heteroatoms. The van der Waals surface area contributed by atoms with Crippen LogP contribution in [0.3, 0.4) is 0 Å². The van der Waals surface area contributed by atoms with Crippen molar-refractivity contribution in [3.05, 3.63) is 69.1 Å². The molecule has 3 atom stereocenters. The Morgan fingerprint density at radius 3 is 2.36 bits per heavy atom. The molecule has 2 aromatic rings. The lowest BCUT2D eigenvalue weighted by Crippen LogP contribution is -2.57. The molecule has 0 radical (unpaired) electrons. The van der Waals surface area contributed by atoms with Crippen LogP contribution in [0.5, 0.6) is 0 Å². The van der Waals surface area contributed by atoms with Crippen LogP contribution in [-0.4, -0.2) is 58.8 Å². The number of halogens is 2. The fourth-order valence-electron chi connectivity index (χ4n) is 7.11. The number of carboxylic acid groups (broad SMARTS) is 1. The minimum atomic E-state index is -0.945. The molecule has 0 bridgehead atoms. The van der Waals surface area contributed by atoms with Crippen molar-refractivity contribution in [1.29, 1.82) is 0 Å². The van der Waals surface area contributed by atoms with E-state index in [1.165, 1.54) is 12.4 Å². The third kappa shape index (κ3) is 5.81. The van der Waals surface area contributed by atoms with Crippen LogP contribution in [0.2, 0.25) is 10.0 Å². The lowest BCUT2D eigenvalue weighted by molar-refractivity contribution is -0.141. The number of nitrogens with zero attached hydrogens (tertiary/aromatic N) is 2. The van der Waals surface area contributed by atoms with Gasteiger partial charge >= 0.3 is 5.97 Å². The highest BCUT2D eigenvalue weighted by Crippen LogP contribution is 2.54. The summed E-state index contributed by atoms with van der Waals surface area (Å²) in [6, 6.07) is 6.27. The lowest BCUT2D eigenvalue weighted by atomic mass is 9.56. The van der Waals surface area contributed by atoms with Gasteiger partial charge in [-0.2, -0.15) is 0 Å². The summed E-state index contributed by atoms with van der Waals surface area (Å²) in [5.41, 5.74) is 2.64. The minimum Gasteiger partial charge on any atom is -0.480 e. The Morgan fingerprint density at radius 1 is 1.10 bits per heavy atom. The van der Waals surface area contributed by atoms with Crippen molar-refractivity contribution >= 4 is 46.5 Å². The number of Topliss-reactive ketones (excluding diaryl/α,β-unsaturated/α-hetero) is 1. The summed E-state index contributed by atoms with van der Waals surface area (Å²) in [5, 5.41) is 17.1. The summed E-state index contributed by atoms with van der Waals surface area (Å²) in [6.07, 6.45) is 9.89. The van der Waals surface area contributed by atoms with E-state index in [1.54, 1.807) is 12.1 Å². The Morgan fingerprint density at radius 2 is 1.76 bits per heavy atom. The molecule has 3 aliphatic rings. The zero-order chi connectivity index (χ0) is 30.0. The average Bonchev–Trinajstić information content (AvgIpc) is 2.97. The number of anilines is 1. The number of nitrogens with one attached hydrogen (secondary N) is 2. The topological polar surface area (TPSA) is 112 Å². The SMILES string of the molecule is CCC(c1ccc(NC(=O)c2c(Cl)cncc2Cl)cc1)[C@H](NC1=C(C2CCCN(C)C2)C(=O)C12CCCCC2)C(=O)O. The molecule has 2 fully saturated rings. The highest BCUT2D eigenvalue weighted by molar-refractivity contribution is 6.40. The number of pyridine rings is 1. The van der Waals surface area contributed by atoms with E-state index in [2.05, 4.69) is 27.6 Å². The molecule has 1 spiro atoms.